The second-order valence-electron chi connectivity index (χ2n) is 7.42. The summed E-state index contributed by atoms with van der Waals surface area (Å²) in [7, 11) is 0. The molecule has 3 aromatic heterocycles. The van der Waals surface area contributed by atoms with Crippen LogP contribution in [0.25, 0.3) is 33.9 Å². The number of furan rings is 2. The predicted octanol–water partition coefficient (Wildman–Crippen LogP) is 4.62. The molecule has 0 fully saturated rings. The van der Waals surface area contributed by atoms with Crippen LogP contribution in [0.1, 0.15) is 15.9 Å². The molecule has 0 radical (unpaired) electrons. The molecule has 5 rings (SSSR count). The van der Waals surface area contributed by atoms with Crippen molar-refractivity contribution in [1.29, 1.82) is 0 Å². The van der Waals surface area contributed by atoms with Crippen molar-refractivity contribution in [2.24, 2.45) is 0 Å². The fourth-order valence-electron chi connectivity index (χ4n) is 3.41. The van der Waals surface area contributed by atoms with Crippen LogP contribution in [0.2, 0.25) is 0 Å². The van der Waals surface area contributed by atoms with Crippen molar-refractivity contribution >= 4 is 22.9 Å². The van der Waals surface area contributed by atoms with Crippen LogP contribution in [-0.4, -0.2) is 28.5 Å². The lowest BCUT2D eigenvalue weighted by atomic mass is 10.1. The molecule has 0 saturated carbocycles. The summed E-state index contributed by atoms with van der Waals surface area (Å²) in [4.78, 5) is 34.0. The number of nitrogens with zero attached hydrogens (tertiary/aromatic N) is 2. The molecule has 0 aliphatic heterocycles. The van der Waals surface area contributed by atoms with E-state index in [4.69, 9.17) is 13.6 Å². The molecule has 1 amide bonds. The molecule has 0 aliphatic rings. The Morgan fingerprint density at radius 2 is 1.47 bits per heavy atom. The Morgan fingerprint density at radius 3 is 2.12 bits per heavy atom. The SMILES string of the molecule is O=C(COC(=O)c1ccc2nc(-c3ccco3)c(-c3ccco3)nc2c1)NCc1ccccc1. The molecule has 3 heterocycles. The highest BCUT2D eigenvalue weighted by Gasteiger charge is 2.18. The molecular weight excluding hydrogens is 434 g/mol. The lowest BCUT2D eigenvalue weighted by Crippen LogP contribution is -2.28. The van der Waals surface area contributed by atoms with Crippen LogP contribution in [0.15, 0.2) is 94.2 Å². The van der Waals surface area contributed by atoms with Crippen molar-refractivity contribution in [1.82, 2.24) is 15.3 Å². The first-order valence-electron chi connectivity index (χ1n) is 10.5. The minimum atomic E-state index is -0.631. The summed E-state index contributed by atoms with van der Waals surface area (Å²) in [5.41, 5.74) is 3.27. The van der Waals surface area contributed by atoms with Crippen LogP contribution in [0.5, 0.6) is 0 Å². The summed E-state index contributed by atoms with van der Waals surface area (Å²) in [5.74, 6) is 0.0452. The smallest absolute Gasteiger partial charge is 0.338 e. The maximum absolute atomic E-state index is 12.6. The molecule has 5 aromatic rings. The van der Waals surface area contributed by atoms with Gasteiger partial charge in [-0.2, -0.15) is 0 Å². The monoisotopic (exact) mass is 453 g/mol. The van der Waals surface area contributed by atoms with Gasteiger partial charge in [0.05, 0.1) is 29.1 Å². The van der Waals surface area contributed by atoms with Gasteiger partial charge in [0.15, 0.2) is 18.1 Å². The lowest BCUT2D eigenvalue weighted by Gasteiger charge is -2.09. The average molecular weight is 453 g/mol. The molecular formula is C26H19N3O5. The van der Waals surface area contributed by atoms with Gasteiger partial charge in [0, 0.05) is 6.54 Å². The number of aromatic nitrogens is 2. The van der Waals surface area contributed by atoms with Gasteiger partial charge in [0.25, 0.3) is 5.91 Å². The number of esters is 1. The second kappa shape index (κ2) is 9.41. The van der Waals surface area contributed by atoms with Gasteiger partial charge in [-0.15, -0.1) is 0 Å². The lowest BCUT2D eigenvalue weighted by molar-refractivity contribution is -0.124. The van der Waals surface area contributed by atoms with Gasteiger partial charge in [-0.3, -0.25) is 4.79 Å². The minimum absolute atomic E-state index is 0.258. The molecule has 168 valence electrons. The highest BCUT2D eigenvalue weighted by Crippen LogP contribution is 2.31. The van der Waals surface area contributed by atoms with Crippen molar-refractivity contribution in [3.63, 3.8) is 0 Å². The van der Waals surface area contributed by atoms with Gasteiger partial charge >= 0.3 is 5.97 Å². The molecule has 0 bridgehead atoms. The van der Waals surface area contributed by atoms with E-state index in [1.54, 1.807) is 55.0 Å². The quantitative estimate of drug-likeness (QED) is 0.358. The number of nitrogens with one attached hydrogen (secondary N) is 1. The van der Waals surface area contributed by atoms with Gasteiger partial charge in [-0.1, -0.05) is 30.3 Å². The molecule has 0 aliphatic carbocycles. The molecule has 8 heteroatoms. The standard InChI is InChI=1S/C26H19N3O5/c30-23(27-15-17-6-2-1-3-7-17)16-34-26(31)18-10-11-19-20(14-18)29-25(22-9-5-13-33-22)24(28-19)21-8-4-12-32-21/h1-14H,15-16H2,(H,27,30). The van der Waals surface area contributed by atoms with E-state index in [0.29, 0.717) is 40.5 Å². The highest BCUT2D eigenvalue weighted by molar-refractivity contribution is 5.95. The minimum Gasteiger partial charge on any atom is -0.463 e. The topological polar surface area (TPSA) is 107 Å². The zero-order chi connectivity index (χ0) is 23.3. The number of ether oxygens (including phenoxy) is 1. The number of carbonyl (C=O) groups is 2. The van der Waals surface area contributed by atoms with Crippen molar-refractivity contribution in [3.05, 3.63) is 96.4 Å². The second-order valence-corrected chi connectivity index (χ2v) is 7.42. The summed E-state index contributed by atoms with van der Waals surface area (Å²) in [6.45, 7) is -0.0270. The number of hydrogen-bond acceptors (Lipinski definition) is 7. The summed E-state index contributed by atoms with van der Waals surface area (Å²) >= 11 is 0. The van der Waals surface area contributed by atoms with Crippen molar-refractivity contribution in [2.75, 3.05) is 6.61 Å². The Morgan fingerprint density at radius 1 is 0.794 bits per heavy atom. The number of fused-ring (bicyclic) bond motifs is 1. The Kier molecular flexibility index (Phi) is 5.85. The third-order valence-corrected chi connectivity index (χ3v) is 5.08. The van der Waals surface area contributed by atoms with Crippen molar-refractivity contribution in [3.8, 4) is 22.9 Å². The Bertz CT molecular complexity index is 1430. The van der Waals surface area contributed by atoms with Crippen LogP contribution >= 0.6 is 0 Å². The van der Waals surface area contributed by atoms with E-state index in [0.717, 1.165) is 5.56 Å². The molecule has 0 saturated heterocycles. The van der Waals surface area contributed by atoms with Crippen LogP contribution in [0.4, 0.5) is 0 Å². The number of carbonyl (C=O) groups excluding carboxylic acids is 2. The van der Waals surface area contributed by atoms with Crippen LogP contribution in [-0.2, 0) is 16.1 Å². The van der Waals surface area contributed by atoms with E-state index in [-0.39, 0.29) is 18.1 Å². The van der Waals surface area contributed by atoms with E-state index in [2.05, 4.69) is 15.3 Å². The first kappa shape index (κ1) is 21.1. The molecule has 1 N–H and O–H groups in total. The van der Waals surface area contributed by atoms with E-state index < -0.39 is 5.97 Å². The highest BCUT2D eigenvalue weighted by atomic mass is 16.5. The van der Waals surface area contributed by atoms with E-state index >= 15 is 0 Å². The van der Waals surface area contributed by atoms with E-state index in [9.17, 15) is 9.59 Å². The summed E-state index contributed by atoms with van der Waals surface area (Å²) < 4.78 is 16.2. The van der Waals surface area contributed by atoms with Gasteiger partial charge < -0.3 is 18.9 Å². The van der Waals surface area contributed by atoms with Gasteiger partial charge in [-0.05, 0) is 48.0 Å². The van der Waals surface area contributed by atoms with Crippen LogP contribution < -0.4 is 5.32 Å². The predicted molar refractivity (Wildman–Crippen MR) is 124 cm³/mol. The van der Waals surface area contributed by atoms with Crippen molar-refractivity contribution < 1.29 is 23.2 Å². The summed E-state index contributed by atoms with van der Waals surface area (Å²) in [6.07, 6.45) is 3.10. The molecule has 8 nitrogen and oxygen atoms in total. The molecule has 34 heavy (non-hydrogen) atoms. The zero-order valence-corrected chi connectivity index (χ0v) is 17.9. The fraction of sp³-hybridized carbons (Fsp3) is 0.0769. The molecule has 2 aromatic carbocycles. The van der Waals surface area contributed by atoms with Gasteiger partial charge in [0.1, 0.15) is 11.4 Å². The Balaban J connectivity index is 1.33. The van der Waals surface area contributed by atoms with E-state index in [1.165, 1.54) is 0 Å². The molecule has 0 unspecified atom stereocenters. The first-order valence-corrected chi connectivity index (χ1v) is 10.5. The first-order chi connectivity index (χ1) is 16.7. The average Bonchev–Trinajstić information content (AvgIpc) is 3.60. The van der Waals surface area contributed by atoms with Crippen LogP contribution in [0.3, 0.4) is 0 Å². The van der Waals surface area contributed by atoms with Gasteiger partial charge in [0.2, 0.25) is 0 Å². The number of benzene rings is 2. The number of rotatable bonds is 7. The number of amides is 1. The third kappa shape index (κ3) is 4.56. The van der Waals surface area contributed by atoms with E-state index in [1.807, 2.05) is 30.3 Å². The van der Waals surface area contributed by atoms with Crippen molar-refractivity contribution in [2.45, 2.75) is 6.54 Å². The Hall–Kier alpha value is -4.72. The zero-order valence-electron chi connectivity index (χ0n) is 17.9. The fourth-order valence-corrected chi connectivity index (χ4v) is 3.41. The summed E-state index contributed by atoms with van der Waals surface area (Å²) in [6, 6.07) is 21.4. The number of hydrogen-bond donors (Lipinski definition) is 1. The Labute approximate surface area is 194 Å². The maximum atomic E-state index is 12.6. The largest absolute Gasteiger partial charge is 0.463 e. The van der Waals surface area contributed by atoms with Gasteiger partial charge in [-0.25, -0.2) is 14.8 Å². The van der Waals surface area contributed by atoms with Crippen LogP contribution in [0, 0.1) is 0 Å². The maximum Gasteiger partial charge on any atom is 0.338 e. The molecule has 0 atom stereocenters. The summed E-state index contributed by atoms with van der Waals surface area (Å²) in [5, 5.41) is 2.72. The molecule has 0 spiro atoms. The third-order valence-electron chi connectivity index (χ3n) is 5.08. The normalized spacial score (nSPS) is 10.8.